The van der Waals surface area contributed by atoms with Gasteiger partial charge in [-0.2, -0.15) is 4.98 Å². The maximum absolute atomic E-state index is 11.9. The van der Waals surface area contributed by atoms with Gasteiger partial charge in [0, 0.05) is 26.2 Å². The van der Waals surface area contributed by atoms with Crippen molar-refractivity contribution in [2.45, 2.75) is 19.8 Å². The van der Waals surface area contributed by atoms with Crippen molar-refractivity contribution in [2.75, 3.05) is 31.1 Å². The molecular weight excluding hydrogens is 234 g/mol. The van der Waals surface area contributed by atoms with E-state index in [0.717, 1.165) is 19.4 Å². The zero-order chi connectivity index (χ0) is 13.0. The fourth-order valence-electron chi connectivity index (χ4n) is 2.12. The number of carbonyl (C=O) groups is 1. The first-order chi connectivity index (χ1) is 8.70. The smallest absolute Gasteiger partial charge is 0.324 e. The number of piperidine rings is 1. The van der Waals surface area contributed by atoms with Gasteiger partial charge in [-0.3, -0.25) is 4.79 Å². The predicted octanol–water partition coefficient (Wildman–Crippen LogP) is -0.331. The number of hydrogen-bond donors (Lipinski definition) is 2. The van der Waals surface area contributed by atoms with E-state index >= 15 is 0 Å². The van der Waals surface area contributed by atoms with Crippen molar-refractivity contribution in [3.8, 4) is 0 Å². The molecule has 1 atom stereocenters. The molecule has 0 aromatic carbocycles. The fraction of sp³-hybridized carbons (Fsp3) is 0.727. The van der Waals surface area contributed by atoms with Crippen molar-refractivity contribution >= 4 is 11.9 Å². The molecular formula is C11H19N5O2. The van der Waals surface area contributed by atoms with E-state index in [-0.39, 0.29) is 11.8 Å². The Labute approximate surface area is 106 Å². The van der Waals surface area contributed by atoms with Crippen molar-refractivity contribution in [3.63, 3.8) is 0 Å². The molecule has 1 saturated heterocycles. The molecule has 0 spiro atoms. The molecule has 3 N–H and O–H groups in total. The molecule has 100 valence electrons. The number of hydrogen-bond acceptors (Lipinski definition) is 6. The Balaban J connectivity index is 1.94. The molecule has 7 nitrogen and oxygen atoms in total. The number of nitrogens with zero attached hydrogens (tertiary/aromatic N) is 3. The summed E-state index contributed by atoms with van der Waals surface area (Å²) < 4.78 is 5.13. The van der Waals surface area contributed by atoms with E-state index < -0.39 is 0 Å². The summed E-state index contributed by atoms with van der Waals surface area (Å²) in [5, 5.41) is 6.59. The van der Waals surface area contributed by atoms with Gasteiger partial charge in [-0.15, -0.1) is 0 Å². The van der Waals surface area contributed by atoms with Crippen LogP contribution in [-0.2, 0) is 4.79 Å². The molecule has 2 rings (SSSR count). The number of aryl methyl sites for hydroxylation is 1. The first-order valence-electron chi connectivity index (χ1n) is 6.23. The molecule has 1 aromatic rings. The average Bonchev–Trinajstić information content (AvgIpc) is 2.83. The summed E-state index contributed by atoms with van der Waals surface area (Å²) in [5.41, 5.74) is 5.37. The van der Waals surface area contributed by atoms with Crippen LogP contribution >= 0.6 is 0 Å². The van der Waals surface area contributed by atoms with Gasteiger partial charge in [0.2, 0.25) is 5.91 Å². The summed E-state index contributed by atoms with van der Waals surface area (Å²) in [6.45, 7) is 4.24. The van der Waals surface area contributed by atoms with E-state index in [1.807, 2.05) is 4.90 Å². The molecule has 1 amide bonds. The summed E-state index contributed by atoms with van der Waals surface area (Å²) >= 11 is 0. The van der Waals surface area contributed by atoms with E-state index in [0.29, 0.717) is 31.5 Å². The zero-order valence-electron chi connectivity index (χ0n) is 10.6. The Hall–Kier alpha value is -1.63. The molecule has 18 heavy (non-hydrogen) atoms. The highest BCUT2D eigenvalue weighted by Crippen LogP contribution is 2.21. The lowest BCUT2D eigenvalue weighted by Gasteiger charge is -2.30. The van der Waals surface area contributed by atoms with E-state index in [9.17, 15) is 4.79 Å². The summed E-state index contributed by atoms with van der Waals surface area (Å²) in [7, 11) is 0. The van der Waals surface area contributed by atoms with Crippen LogP contribution in [0, 0.1) is 12.8 Å². The second kappa shape index (κ2) is 5.81. The van der Waals surface area contributed by atoms with Crippen LogP contribution in [0.5, 0.6) is 0 Å². The van der Waals surface area contributed by atoms with Crippen LogP contribution in [-0.4, -0.2) is 42.2 Å². The highest BCUT2D eigenvalue weighted by molar-refractivity contribution is 5.79. The Morgan fingerprint density at radius 1 is 1.67 bits per heavy atom. The Morgan fingerprint density at radius 2 is 2.50 bits per heavy atom. The Bertz CT molecular complexity index is 406. The second-order valence-corrected chi connectivity index (χ2v) is 4.49. The highest BCUT2D eigenvalue weighted by atomic mass is 16.5. The van der Waals surface area contributed by atoms with Gasteiger partial charge in [-0.1, -0.05) is 5.16 Å². The van der Waals surface area contributed by atoms with Crippen LogP contribution in [0.3, 0.4) is 0 Å². The molecule has 1 aromatic heterocycles. The third-order valence-corrected chi connectivity index (χ3v) is 3.02. The standard InChI is InChI=1S/C11H19N5O2/c1-8-14-11(18-15-8)16-6-2-3-9(7-16)10(17)13-5-4-12/h9H,2-7,12H2,1H3,(H,13,17). The molecule has 7 heteroatoms. The molecule has 0 radical (unpaired) electrons. The monoisotopic (exact) mass is 253 g/mol. The molecule has 1 unspecified atom stereocenters. The maximum Gasteiger partial charge on any atom is 0.324 e. The summed E-state index contributed by atoms with van der Waals surface area (Å²) in [6, 6.07) is 0.504. The van der Waals surface area contributed by atoms with Gasteiger partial charge in [-0.25, -0.2) is 0 Å². The highest BCUT2D eigenvalue weighted by Gasteiger charge is 2.27. The van der Waals surface area contributed by atoms with Gasteiger partial charge < -0.3 is 20.5 Å². The number of nitrogens with one attached hydrogen (secondary N) is 1. The van der Waals surface area contributed by atoms with Crippen LogP contribution in [0.25, 0.3) is 0 Å². The molecule has 1 aliphatic rings. The molecule has 2 heterocycles. The summed E-state index contributed by atoms with van der Waals surface area (Å²) in [4.78, 5) is 18.0. The predicted molar refractivity (Wildman–Crippen MR) is 66.0 cm³/mol. The van der Waals surface area contributed by atoms with Crippen LogP contribution in [0.15, 0.2) is 4.52 Å². The third-order valence-electron chi connectivity index (χ3n) is 3.02. The molecule has 1 fully saturated rings. The average molecular weight is 253 g/mol. The first-order valence-corrected chi connectivity index (χ1v) is 6.23. The topological polar surface area (TPSA) is 97.3 Å². The molecule has 0 saturated carbocycles. The lowest BCUT2D eigenvalue weighted by Crippen LogP contribution is -2.44. The van der Waals surface area contributed by atoms with E-state index in [1.165, 1.54) is 0 Å². The van der Waals surface area contributed by atoms with Crippen molar-refractivity contribution in [2.24, 2.45) is 11.7 Å². The van der Waals surface area contributed by atoms with E-state index in [4.69, 9.17) is 10.3 Å². The number of amides is 1. The normalized spacial score (nSPS) is 19.9. The van der Waals surface area contributed by atoms with Crippen molar-refractivity contribution in [1.29, 1.82) is 0 Å². The number of aromatic nitrogens is 2. The molecule has 1 aliphatic heterocycles. The SMILES string of the molecule is Cc1noc(N2CCCC(C(=O)NCCN)C2)n1. The van der Waals surface area contributed by atoms with Crippen LogP contribution in [0.4, 0.5) is 6.01 Å². The van der Waals surface area contributed by atoms with E-state index in [1.54, 1.807) is 6.92 Å². The maximum atomic E-state index is 11.9. The van der Waals surface area contributed by atoms with Crippen LogP contribution in [0.2, 0.25) is 0 Å². The van der Waals surface area contributed by atoms with Gasteiger partial charge >= 0.3 is 6.01 Å². The third kappa shape index (κ3) is 2.98. The minimum Gasteiger partial charge on any atom is -0.355 e. The number of nitrogens with two attached hydrogens (primary N) is 1. The number of carbonyl (C=O) groups excluding carboxylic acids is 1. The van der Waals surface area contributed by atoms with Crippen molar-refractivity contribution in [1.82, 2.24) is 15.5 Å². The van der Waals surface area contributed by atoms with Gasteiger partial charge in [0.1, 0.15) is 0 Å². The Morgan fingerprint density at radius 3 is 3.17 bits per heavy atom. The van der Waals surface area contributed by atoms with Crippen LogP contribution in [0.1, 0.15) is 18.7 Å². The summed E-state index contributed by atoms with van der Waals surface area (Å²) in [6.07, 6.45) is 1.84. The zero-order valence-corrected chi connectivity index (χ0v) is 10.6. The minimum atomic E-state index is -0.0301. The first kappa shape index (κ1) is 12.8. The molecule has 0 aliphatic carbocycles. The quantitative estimate of drug-likeness (QED) is 0.762. The fourth-order valence-corrected chi connectivity index (χ4v) is 2.12. The van der Waals surface area contributed by atoms with E-state index in [2.05, 4.69) is 15.5 Å². The lowest BCUT2D eigenvalue weighted by molar-refractivity contribution is -0.125. The second-order valence-electron chi connectivity index (χ2n) is 4.49. The van der Waals surface area contributed by atoms with Gasteiger partial charge in [-0.05, 0) is 19.8 Å². The van der Waals surface area contributed by atoms with Gasteiger partial charge in [0.25, 0.3) is 0 Å². The molecule has 0 bridgehead atoms. The van der Waals surface area contributed by atoms with Crippen molar-refractivity contribution in [3.05, 3.63) is 5.82 Å². The summed E-state index contributed by atoms with van der Waals surface area (Å²) in [5.74, 6) is 0.638. The minimum absolute atomic E-state index is 0.0301. The van der Waals surface area contributed by atoms with Gasteiger partial charge in [0.05, 0.1) is 5.92 Å². The number of anilines is 1. The lowest BCUT2D eigenvalue weighted by atomic mass is 9.97. The Kier molecular flexibility index (Phi) is 4.14. The van der Waals surface area contributed by atoms with Crippen LogP contribution < -0.4 is 16.0 Å². The van der Waals surface area contributed by atoms with Gasteiger partial charge in [0.15, 0.2) is 5.82 Å². The van der Waals surface area contributed by atoms with Crippen molar-refractivity contribution < 1.29 is 9.32 Å². The number of rotatable bonds is 4. The largest absolute Gasteiger partial charge is 0.355 e.